The molecule has 8 heteroatoms. The van der Waals surface area contributed by atoms with Crippen LogP contribution in [-0.2, 0) is 14.3 Å². The van der Waals surface area contributed by atoms with E-state index in [0.29, 0.717) is 31.9 Å². The minimum Gasteiger partial charge on any atom is -0.444 e. The second-order valence-corrected chi connectivity index (χ2v) is 7.40. The van der Waals surface area contributed by atoms with Crippen molar-refractivity contribution < 1.29 is 23.5 Å². The van der Waals surface area contributed by atoms with E-state index in [1.807, 2.05) is 20.8 Å². The molecule has 0 radical (unpaired) electrons. The SMILES string of the molecule is CC(C)(C)OC(=O)N1CCN(C(=O)CCC(=O)Nc2ccc(F)cc2)CC1. The summed E-state index contributed by atoms with van der Waals surface area (Å²) in [7, 11) is 0. The van der Waals surface area contributed by atoms with E-state index in [2.05, 4.69) is 5.32 Å². The third kappa shape index (κ3) is 6.88. The molecule has 0 atom stereocenters. The van der Waals surface area contributed by atoms with Gasteiger partial charge in [0.05, 0.1) is 0 Å². The molecule has 1 fully saturated rings. The minimum absolute atomic E-state index is 0.0441. The maximum atomic E-state index is 12.8. The van der Waals surface area contributed by atoms with Crippen molar-refractivity contribution in [1.29, 1.82) is 0 Å². The van der Waals surface area contributed by atoms with E-state index < -0.39 is 5.60 Å². The zero-order valence-electron chi connectivity index (χ0n) is 16.0. The largest absolute Gasteiger partial charge is 0.444 e. The number of rotatable bonds is 4. The summed E-state index contributed by atoms with van der Waals surface area (Å²) in [5.74, 6) is -0.816. The molecule has 27 heavy (non-hydrogen) atoms. The Hall–Kier alpha value is -2.64. The first kappa shape index (κ1) is 20.7. The van der Waals surface area contributed by atoms with E-state index in [0.717, 1.165) is 0 Å². The fourth-order valence-corrected chi connectivity index (χ4v) is 2.60. The highest BCUT2D eigenvalue weighted by Crippen LogP contribution is 2.13. The van der Waals surface area contributed by atoms with Crippen LogP contribution in [0.15, 0.2) is 24.3 Å². The van der Waals surface area contributed by atoms with Crippen LogP contribution in [-0.4, -0.2) is 59.5 Å². The van der Waals surface area contributed by atoms with E-state index in [1.165, 1.54) is 24.3 Å². The van der Waals surface area contributed by atoms with Crippen molar-refractivity contribution in [2.24, 2.45) is 0 Å². The first-order valence-electron chi connectivity index (χ1n) is 8.95. The Balaban J connectivity index is 1.72. The zero-order valence-corrected chi connectivity index (χ0v) is 16.0. The Labute approximate surface area is 158 Å². The molecule has 0 unspecified atom stereocenters. The Morgan fingerprint density at radius 3 is 2.11 bits per heavy atom. The van der Waals surface area contributed by atoms with Crippen LogP contribution in [0.1, 0.15) is 33.6 Å². The molecule has 1 heterocycles. The highest BCUT2D eigenvalue weighted by molar-refractivity contribution is 5.93. The molecule has 0 aliphatic carbocycles. The van der Waals surface area contributed by atoms with Crippen LogP contribution in [0.25, 0.3) is 0 Å². The van der Waals surface area contributed by atoms with Gasteiger partial charge in [-0.05, 0) is 45.0 Å². The molecule has 1 saturated heterocycles. The molecule has 0 spiro atoms. The average molecular weight is 379 g/mol. The van der Waals surface area contributed by atoms with Gasteiger partial charge in [-0.25, -0.2) is 9.18 Å². The van der Waals surface area contributed by atoms with Crippen molar-refractivity contribution in [2.45, 2.75) is 39.2 Å². The number of piperazine rings is 1. The van der Waals surface area contributed by atoms with E-state index in [9.17, 15) is 18.8 Å². The Morgan fingerprint density at radius 1 is 1.00 bits per heavy atom. The summed E-state index contributed by atoms with van der Waals surface area (Å²) in [4.78, 5) is 39.4. The lowest BCUT2D eigenvalue weighted by Gasteiger charge is -2.35. The van der Waals surface area contributed by atoms with Gasteiger partial charge in [-0.1, -0.05) is 0 Å². The van der Waals surface area contributed by atoms with Gasteiger partial charge < -0.3 is 19.9 Å². The predicted molar refractivity (Wildman–Crippen MR) is 98.7 cm³/mol. The fraction of sp³-hybridized carbons (Fsp3) is 0.526. The number of carbonyl (C=O) groups is 3. The standard InChI is InChI=1S/C19H26FN3O4/c1-19(2,3)27-18(26)23-12-10-22(11-13-23)17(25)9-8-16(24)21-15-6-4-14(20)5-7-15/h4-7H,8-13H2,1-3H3,(H,21,24). The highest BCUT2D eigenvalue weighted by atomic mass is 19.1. The maximum Gasteiger partial charge on any atom is 0.410 e. The van der Waals surface area contributed by atoms with Crippen LogP contribution >= 0.6 is 0 Å². The molecular weight excluding hydrogens is 353 g/mol. The molecule has 1 aromatic rings. The van der Waals surface area contributed by atoms with Crippen molar-refractivity contribution in [3.8, 4) is 0 Å². The highest BCUT2D eigenvalue weighted by Gasteiger charge is 2.27. The number of halogens is 1. The van der Waals surface area contributed by atoms with E-state index in [-0.39, 0.29) is 36.6 Å². The molecular formula is C19H26FN3O4. The molecule has 0 saturated carbocycles. The summed E-state index contributed by atoms with van der Waals surface area (Å²) >= 11 is 0. The molecule has 2 rings (SSSR count). The number of hydrogen-bond donors (Lipinski definition) is 1. The summed E-state index contributed by atoms with van der Waals surface area (Å²) in [6, 6.07) is 5.44. The first-order chi connectivity index (χ1) is 12.6. The summed E-state index contributed by atoms with van der Waals surface area (Å²) in [5, 5.41) is 2.63. The molecule has 1 N–H and O–H groups in total. The van der Waals surface area contributed by atoms with Crippen LogP contribution < -0.4 is 5.32 Å². The van der Waals surface area contributed by atoms with Crippen molar-refractivity contribution in [1.82, 2.24) is 9.80 Å². The summed E-state index contributed by atoms with van der Waals surface area (Å²) < 4.78 is 18.2. The summed E-state index contributed by atoms with van der Waals surface area (Å²) in [6.07, 6.45) is -0.254. The normalized spacial score (nSPS) is 14.7. The van der Waals surface area contributed by atoms with Crippen LogP contribution in [0.4, 0.5) is 14.9 Å². The van der Waals surface area contributed by atoms with E-state index in [4.69, 9.17) is 4.74 Å². The number of benzene rings is 1. The van der Waals surface area contributed by atoms with Crippen molar-refractivity contribution >= 4 is 23.6 Å². The van der Waals surface area contributed by atoms with Crippen LogP contribution in [0.2, 0.25) is 0 Å². The van der Waals surface area contributed by atoms with Gasteiger partial charge in [0.1, 0.15) is 11.4 Å². The van der Waals surface area contributed by atoms with Gasteiger partial charge in [0.25, 0.3) is 0 Å². The molecule has 0 bridgehead atoms. The van der Waals surface area contributed by atoms with Crippen molar-refractivity contribution in [3.63, 3.8) is 0 Å². The predicted octanol–water partition coefficient (Wildman–Crippen LogP) is 2.62. The number of carbonyl (C=O) groups excluding carboxylic acids is 3. The van der Waals surface area contributed by atoms with Crippen LogP contribution in [0, 0.1) is 5.82 Å². The number of nitrogens with zero attached hydrogens (tertiary/aromatic N) is 2. The second-order valence-electron chi connectivity index (χ2n) is 7.40. The van der Waals surface area contributed by atoms with Crippen LogP contribution in [0.5, 0.6) is 0 Å². The van der Waals surface area contributed by atoms with Gasteiger partial charge in [-0.3, -0.25) is 9.59 Å². The Kier molecular flexibility index (Phi) is 6.76. The Morgan fingerprint density at radius 2 is 1.56 bits per heavy atom. The summed E-state index contributed by atoms with van der Waals surface area (Å²) in [6.45, 7) is 7.06. The van der Waals surface area contributed by atoms with Crippen molar-refractivity contribution in [2.75, 3.05) is 31.5 Å². The lowest BCUT2D eigenvalue weighted by molar-refractivity contribution is -0.134. The quantitative estimate of drug-likeness (QED) is 0.872. The molecule has 7 nitrogen and oxygen atoms in total. The molecule has 1 aliphatic heterocycles. The van der Waals surface area contributed by atoms with Gasteiger partial charge in [0.15, 0.2) is 0 Å². The first-order valence-corrected chi connectivity index (χ1v) is 8.95. The lowest BCUT2D eigenvalue weighted by Crippen LogP contribution is -2.51. The number of nitrogens with one attached hydrogen (secondary N) is 1. The number of amides is 3. The molecule has 1 aromatic carbocycles. The van der Waals surface area contributed by atoms with Crippen LogP contribution in [0.3, 0.4) is 0 Å². The van der Waals surface area contributed by atoms with Gasteiger partial charge in [0, 0.05) is 44.7 Å². The third-order valence-corrected chi connectivity index (χ3v) is 3.98. The van der Waals surface area contributed by atoms with Gasteiger partial charge in [-0.15, -0.1) is 0 Å². The fourth-order valence-electron chi connectivity index (χ4n) is 2.60. The van der Waals surface area contributed by atoms with E-state index in [1.54, 1.807) is 9.80 Å². The number of anilines is 1. The summed E-state index contributed by atoms with van der Waals surface area (Å²) in [5.41, 5.74) is -0.0677. The zero-order chi connectivity index (χ0) is 20.0. The number of hydrogen-bond acceptors (Lipinski definition) is 4. The van der Waals surface area contributed by atoms with E-state index >= 15 is 0 Å². The molecule has 1 aliphatic rings. The lowest BCUT2D eigenvalue weighted by atomic mass is 10.2. The third-order valence-electron chi connectivity index (χ3n) is 3.98. The molecule has 148 valence electrons. The molecule has 0 aromatic heterocycles. The second kappa shape index (κ2) is 8.83. The maximum absolute atomic E-state index is 12.8. The number of ether oxygens (including phenoxy) is 1. The average Bonchev–Trinajstić information content (AvgIpc) is 2.60. The monoisotopic (exact) mass is 379 g/mol. The topological polar surface area (TPSA) is 79.0 Å². The van der Waals surface area contributed by atoms with Crippen molar-refractivity contribution in [3.05, 3.63) is 30.1 Å². The van der Waals surface area contributed by atoms with Gasteiger partial charge in [0.2, 0.25) is 11.8 Å². The van der Waals surface area contributed by atoms with Gasteiger partial charge in [-0.2, -0.15) is 0 Å². The Bertz CT molecular complexity index is 677. The molecule has 3 amide bonds. The smallest absolute Gasteiger partial charge is 0.410 e. The minimum atomic E-state index is -0.554. The van der Waals surface area contributed by atoms with Gasteiger partial charge >= 0.3 is 6.09 Å².